The van der Waals surface area contributed by atoms with Gasteiger partial charge in [0.25, 0.3) is 5.56 Å². The van der Waals surface area contributed by atoms with E-state index in [0.29, 0.717) is 53.8 Å². The average molecular weight is 533 g/mol. The van der Waals surface area contributed by atoms with Gasteiger partial charge in [-0.3, -0.25) is 9.36 Å². The Morgan fingerprint density at radius 1 is 1.18 bits per heavy atom. The molecule has 1 unspecified atom stereocenters. The van der Waals surface area contributed by atoms with Crippen LogP contribution in [0.5, 0.6) is 0 Å². The van der Waals surface area contributed by atoms with E-state index in [4.69, 9.17) is 9.72 Å². The summed E-state index contributed by atoms with van der Waals surface area (Å²) in [5, 5.41) is 7.64. The zero-order chi connectivity index (χ0) is 26.2. The maximum atomic E-state index is 13.8. The van der Waals surface area contributed by atoms with E-state index in [-0.39, 0.29) is 11.6 Å². The molecule has 3 aliphatic rings. The van der Waals surface area contributed by atoms with Gasteiger partial charge in [0.05, 0.1) is 18.3 Å². The van der Waals surface area contributed by atoms with Gasteiger partial charge in [-0.15, -0.1) is 11.8 Å². The molecule has 0 aromatic carbocycles. The highest BCUT2D eigenvalue weighted by Gasteiger charge is 2.35. The van der Waals surface area contributed by atoms with Crippen molar-refractivity contribution in [1.29, 1.82) is 0 Å². The summed E-state index contributed by atoms with van der Waals surface area (Å²) in [5.41, 5.74) is 3.77. The van der Waals surface area contributed by atoms with Crippen LogP contribution in [0.3, 0.4) is 0 Å². The topological polar surface area (TPSA) is 119 Å². The zero-order valence-electron chi connectivity index (χ0n) is 21.9. The highest BCUT2D eigenvalue weighted by molar-refractivity contribution is 7.99. The quantitative estimate of drug-likeness (QED) is 0.394. The highest BCUT2D eigenvalue weighted by atomic mass is 32.2. The zero-order valence-corrected chi connectivity index (χ0v) is 22.7. The van der Waals surface area contributed by atoms with E-state index in [2.05, 4.69) is 44.4 Å². The Balaban J connectivity index is 1.39. The van der Waals surface area contributed by atoms with E-state index in [1.54, 1.807) is 29.6 Å². The van der Waals surface area contributed by atoms with Crippen LogP contribution in [0, 0.1) is 11.8 Å². The number of nitrogens with zero attached hydrogens (tertiary/aromatic N) is 6. The van der Waals surface area contributed by atoms with Gasteiger partial charge in [-0.05, 0) is 61.8 Å². The number of nitrogens with one attached hydrogen (secondary N) is 2. The van der Waals surface area contributed by atoms with Gasteiger partial charge >= 0.3 is 0 Å². The van der Waals surface area contributed by atoms with Crippen molar-refractivity contribution in [3.8, 4) is 0 Å². The summed E-state index contributed by atoms with van der Waals surface area (Å²) in [5.74, 6) is 3.19. The molecule has 2 aliphatic carbocycles. The summed E-state index contributed by atoms with van der Waals surface area (Å²) in [7, 11) is 1.62. The number of fused-ring (bicyclic) bond motifs is 1. The minimum atomic E-state index is -0.175. The Hall–Kier alpha value is -3.47. The molecule has 2 saturated carbocycles. The van der Waals surface area contributed by atoms with Gasteiger partial charge in [0, 0.05) is 24.5 Å². The van der Waals surface area contributed by atoms with Crippen LogP contribution in [-0.4, -0.2) is 49.9 Å². The van der Waals surface area contributed by atoms with E-state index in [0.717, 1.165) is 53.3 Å². The van der Waals surface area contributed by atoms with Crippen LogP contribution in [0.1, 0.15) is 57.0 Å². The van der Waals surface area contributed by atoms with Crippen LogP contribution in [0.4, 0.5) is 5.82 Å². The highest BCUT2D eigenvalue weighted by Crippen LogP contribution is 2.41. The second kappa shape index (κ2) is 10.4. The summed E-state index contributed by atoms with van der Waals surface area (Å²) < 4.78 is 7.41. The molecule has 1 aliphatic heterocycles. The molecule has 4 heterocycles. The molecule has 0 amide bonds. The number of rotatable bonds is 9. The summed E-state index contributed by atoms with van der Waals surface area (Å²) >= 11 is 1.70. The fourth-order valence-electron chi connectivity index (χ4n) is 4.92. The summed E-state index contributed by atoms with van der Waals surface area (Å²) in [6, 6.07) is 4.03. The monoisotopic (exact) mass is 532 g/mol. The van der Waals surface area contributed by atoms with Gasteiger partial charge in [0.2, 0.25) is 5.90 Å². The number of thioether (sulfide) groups is 1. The van der Waals surface area contributed by atoms with Gasteiger partial charge in [-0.1, -0.05) is 13.0 Å². The van der Waals surface area contributed by atoms with Crippen molar-refractivity contribution >= 4 is 40.2 Å². The fourth-order valence-corrected chi connectivity index (χ4v) is 5.51. The lowest BCUT2D eigenvalue weighted by molar-refractivity contribution is 0.403. The third-order valence-corrected chi connectivity index (χ3v) is 8.10. The predicted octanol–water partition coefficient (Wildman–Crippen LogP) is 4.00. The van der Waals surface area contributed by atoms with Gasteiger partial charge in [0.15, 0.2) is 17.3 Å². The molecule has 11 heteroatoms. The number of hydrogen-bond donors (Lipinski definition) is 2. The molecular weight excluding hydrogens is 500 g/mol. The molecular formula is C27H32N8O2S. The van der Waals surface area contributed by atoms with Crippen molar-refractivity contribution in [3.05, 3.63) is 52.0 Å². The van der Waals surface area contributed by atoms with E-state index < -0.39 is 0 Å². The third kappa shape index (κ3) is 4.87. The van der Waals surface area contributed by atoms with E-state index in [1.807, 2.05) is 18.3 Å². The smallest absolute Gasteiger partial charge is 0.295 e. The van der Waals surface area contributed by atoms with Gasteiger partial charge in [0.1, 0.15) is 17.8 Å². The van der Waals surface area contributed by atoms with E-state index >= 15 is 0 Å². The molecule has 3 aromatic rings. The molecule has 0 bridgehead atoms. The Bertz CT molecular complexity index is 1470. The Morgan fingerprint density at radius 3 is 2.71 bits per heavy atom. The number of aromatic nitrogens is 5. The molecule has 2 fully saturated rings. The first-order valence-electron chi connectivity index (χ1n) is 13.3. The number of aliphatic imine (C=N–C) groups is 1. The third-order valence-electron chi connectivity index (χ3n) is 7.27. The van der Waals surface area contributed by atoms with Crippen LogP contribution in [0.25, 0.3) is 16.7 Å². The summed E-state index contributed by atoms with van der Waals surface area (Å²) in [4.78, 5) is 37.0. The Morgan fingerprint density at radius 2 is 2.03 bits per heavy atom. The van der Waals surface area contributed by atoms with Crippen molar-refractivity contribution in [3.63, 3.8) is 0 Å². The predicted molar refractivity (Wildman–Crippen MR) is 149 cm³/mol. The molecule has 3 aromatic heterocycles. The molecule has 0 radical (unpaired) electrons. The maximum absolute atomic E-state index is 13.8. The number of pyridine rings is 1. The molecule has 0 spiro atoms. The van der Waals surface area contributed by atoms with Gasteiger partial charge in [-0.25, -0.2) is 24.9 Å². The van der Waals surface area contributed by atoms with Crippen LogP contribution in [0.15, 0.2) is 45.0 Å². The first-order chi connectivity index (χ1) is 18.6. The van der Waals surface area contributed by atoms with Crippen molar-refractivity contribution in [2.45, 2.75) is 57.1 Å². The van der Waals surface area contributed by atoms with E-state index in [1.165, 1.54) is 0 Å². The van der Waals surface area contributed by atoms with Crippen LogP contribution >= 0.6 is 11.8 Å². The Kier molecular flexibility index (Phi) is 6.77. The van der Waals surface area contributed by atoms with Crippen molar-refractivity contribution in [1.82, 2.24) is 29.8 Å². The largest absolute Gasteiger partial charge is 0.481 e. The fraction of sp³-hybridized carbons (Fsp3) is 0.481. The molecule has 1 atom stereocenters. The summed E-state index contributed by atoms with van der Waals surface area (Å²) in [6.07, 6.45) is 7.99. The molecule has 10 nitrogen and oxygen atoms in total. The molecule has 198 valence electrons. The summed E-state index contributed by atoms with van der Waals surface area (Å²) in [6.45, 7) is 5.12. The van der Waals surface area contributed by atoms with Crippen LogP contribution in [0.2, 0.25) is 0 Å². The minimum absolute atomic E-state index is 0.000226. The van der Waals surface area contributed by atoms with Crippen LogP contribution in [-0.2, 0) is 11.3 Å². The second-order valence-corrected chi connectivity index (χ2v) is 11.3. The van der Waals surface area contributed by atoms with E-state index in [9.17, 15) is 4.79 Å². The standard InChI is InChI=1S/C27H32N8O2S/c1-4-38-20-10-5-16(11-28-20)12-29-24-27(36)35(15(2)17-6-7-17)25-19(33-24)13-30-23(34-25)21-22(18-8-9-18)31-14-32-26(21)37-3/h5,10-11,13,15,17-18,31H,4,6-9,12,14H2,1-3H3,(H,29,33). The van der Waals surface area contributed by atoms with Crippen molar-refractivity contribution in [2.75, 3.05) is 24.8 Å². The first-order valence-corrected chi connectivity index (χ1v) is 14.2. The molecule has 2 N–H and O–H groups in total. The number of methoxy groups -OCH3 is 1. The molecule has 38 heavy (non-hydrogen) atoms. The Labute approximate surface area is 225 Å². The van der Waals surface area contributed by atoms with Crippen LogP contribution < -0.4 is 16.2 Å². The van der Waals surface area contributed by atoms with Crippen molar-refractivity contribution in [2.24, 2.45) is 16.8 Å². The number of allylic oxidation sites excluding steroid dienone is 1. The minimum Gasteiger partial charge on any atom is -0.481 e. The average Bonchev–Trinajstić information content (AvgIpc) is 3.85. The maximum Gasteiger partial charge on any atom is 0.295 e. The number of anilines is 1. The first kappa shape index (κ1) is 24.8. The SMILES string of the molecule is CCSc1ccc(CNc2nc3cnc(C4=C(C5CC5)NCN=C4OC)nc3n(C(C)C3CC3)c2=O)cn1. The normalized spacial score (nSPS) is 18.2. The number of ether oxygens (including phenoxy) is 1. The molecule has 0 saturated heterocycles. The second-order valence-electron chi connectivity index (χ2n) is 9.97. The number of hydrogen-bond acceptors (Lipinski definition) is 10. The van der Waals surface area contributed by atoms with Crippen molar-refractivity contribution < 1.29 is 4.74 Å². The lowest BCUT2D eigenvalue weighted by atomic mass is 10.1. The van der Waals surface area contributed by atoms with Gasteiger partial charge in [-0.2, -0.15) is 0 Å². The molecule has 6 rings (SSSR count). The van der Waals surface area contributed by atoms with Gasteiger partial charge < -0.3 is 15.4 Å². The lowest BCUT2D eigenvalue weighted by Gasteiger charge is -2.22. The lowest BCUT2D eigenvalue weighted by Crippen LogP contribution is -2.30.